The van der Waals surface area contributed by atoms with Crippen LogP contribution in [-0.4, -0.2) is 22.6 Å². The molecule has 1 aliphatic heterocycles. The van der Waals surface area contributed by atoms with Crippen molar-refractivity contribution in [2.24, 2.45) is 0 Å². The maximum absolute atomic E-state index is 11.4. The third-order valence-corrected chi connectivity index (χ3v) is 4.19. The van der Waals surface area contributed by atoms with Crippen molar-refractivity contribution in [3.8, 4) is 11.8 Å². The minimum Gasteiger partial charge on any atom is -0.485 e. The number of hydrogen-bond acceptors (Lipinski definition) is 5. The van der Waals surface area contributed by atoms with E-state index in [9.17, 15) is 9.90 Å². The van der Waals surface area contributed by atoms with Gasteiger partial charge < -0.3 is 15.2 Å². The van der Waals surface area contributed by atoms with Crippen molar-refractivity contribution in [2.45, 2.75) is 44.4 Å². The van der Waals surface area contributed by atoms with Crippen LogP contribution in [0.1, 0.15) is 43.9 Å². The van der Waals surface area contributed by atoms with E-state index in [2.05, 4.69) is 11.4 Å². The summed E-state index contributed by atoms with van der Waals surface area (Å²) in [6.07, 6.45) is 1.93. The van der Waals surface area contributed by atoms with Gasteiger partial charge in [-0.3, -0.25) is 4.79 Å². The Balaban J connectivity index is 2.01. The zero-order valence-corrected chi connectivity index (χ0v) is 12.6. The average Bonchev–Trinajstić information content (AvgIpc) is 2.88. The summed E-state index contributed by atoms with van der Waals surface area (Å²) in [6, 6.07) is 6.86. The van der Waals surface area contributed by atoms with Gasteiger partial charge in [0.25, 0.3) is 0 Å². The van der Waals surface area contributed by atoms with E-state index in [-0.39, 0.29) is 5.78 Å². The highest BCUT2D eigenvalue weighted by molar-refractivity contribution is 5.92. The van der Waals surface area contributed by atoms with Gasteiger partial charge in [0.15, 0.2) is 5.78 Å². The molecule has 0 amide bonds. The van der Waals surface area contributed by atoms with Crippen LogP contribution < -0.4 is 10.1 Å². The predicted molar refractivity (Wildman–Crippen MR) is 80.1 cm³/mol. The molecule has 1 aromatic rings. The number of aliphatic hydroxyl groups is 1. The number of benzene rings is 1. The standard InChI is InChI=1S/C17H18N2O3/c1-17(2)16(21)15(19-11-4-5-12(20)8-11)13-7-10(9-18)3-6-14(13)22-17/h3,6-8,15-16,19,21H,4-5H2,1-2H3. The topological polar surface area (TPSA) is 82.3 Å². The molecule has 3 rings (SSSR count). The van der Waals surface area contributed by atoms with Crippen molar-refractivity contribution in [1.29, 1.82) is 5.26 Å². The molecule has 0 bridgehead atoms. The van der Waals surface area contributed by atoms with E-state index < -0.39 is 17.7 Å². The van der Waals surface area contributed by atoms with Crippen LogP contribution in [0.3, 0.4) is 0 Å². The summed E-state index contributed by atoms with van der Waals surface area (Å²) >= 11 is 0. The Bertz CT molecular complexity index is 700. The third-order valence-electron chi connectivity index (χ3n) is 4.19. The fourth-order valence-corrected chi connectivity index (χ4v) is 2.94. The summed E-state index contributed by atoms with van der Waals surface area (Å²) in [7, 11) is 0. The average molecular weight is 298 g/mol. The first kappa shape index (κ1) is 14.6. The smallest absolute Gasteiger partial charge is 0.157 e. The molecule has 5 heteroatoms. The Hall–Kier alpha value is -2.32. The minimum atomic E-state index is -0.800. The normalized spacial score (nSPS) is 25.7. The molecule has 0 fully saturated rings. The molecule has 5 nitrogen and oxygen atoms in total. The Morgan fingerprint density at radius 2 is 2.18 bits per heavy atom. The molecule has 0 saturated carbocycles. The monoisotopic (exact) mass is 298 g/mol. The second-order valence-electron chi connectivity index (χ2n) is 6.27. The lowest BCUT2D eigenvalue weighted by Gasteiger charge is -2.42. The molecule has 2 unspecified atom stereocenters. The van der Waals surface area contributed by atoms with E-state index >= 15 is 0 Å². The number of fused-ring (bicyclic) bond motifs is 1. The fraction of sp³-hybridized carbons (Fsp3) is 0.412. The molecule has 114 valence electrons. The van der Waals surface area contributed by atoms with Gasteiger partial charge in [0.1, 0.15) is 17.5 Å². The molecule has 2 atom stereocenters. The molecule has 0 saturated heterocycles. The second-order valence-corrected chi connectivity index (χ2v) is 6.27. The van der Waals surface area contributed by atoms with Crippen LogP contribution in [0.15, 0.2) is 30.0 Å². The number of ketones is 1. The van der Waals surface area contributed by atoms with E-state index in [1.807, 2.05) is 13.8 Å². The Morgan fingerprint density at radius 3 is 2.82 bits per heavy atom. The largest absolute Gasteiger partial charge is 0.485 e. The molecule has 0 spiro atoms. The van der Waals surface area contributed by atoms with E-state index in [4.69, 9.17) is 10.00 Å². The molecule has 22 heavy (non-hydrogen) atoms. The highest BCUT2D eigenvalue weighted by atomic mass is 16.5. The van der Waals surface area contributed by atoms with Crippen LogP contribution in [-0.2, 0) is 4.79 Å². The summed E-state index contributed by atoms with van der Waals surface area (Å²) in [5.41, 5.74) is 1.31. The Labute approximate surface area is 129 Å². The number of nitrogens with one attached hydrogen (secondary N) is 1. The Kier molecular flexibility index (Phi) is 3.42. The lowest BCUT2D eigenvalue weighted by atomic mass is 9.85. The number of carbonyl (C=O) groups is 1. The van der Waals surface area contributed by atoms with Crippen molar-refractivity contribution >= 4 is 5.78 Å². The molecular weight excluding hydrogens is 280 g/mol. The van der Waals surface area contributed by atoms with Gasteiger partial charge >= 0.3 is 0 Å². The van der Waals surface area contributed by atoms with Crippen molar-refractivity contribution in [3.63, 3.8) is 0 Å². The number of nitriles is 1. The van der Waals surface area contributed by atoms with Gasteiger partial charge in [0, 0.05) is 23.8 Å². The van der Waals surface area contributed by atoms with Gasteiger partial charge in [-0.1, -0.05) is 0 Å². The predicted octanol–water partition coefficient (Wildman–Crippen LogP) is 1.97. The Morgan fingerprint density at radius 1 is 1.41 bits per heavy atom. The second kappa shape index (κ2) is 5.15. The zero-order chi connectivity index (χ0) is 15.9. The maximum atomic E-state index is 11.4. The lowest BCUT2D eigenvalue weighted by Crippen LogP contribution is -2.52. The molecular formula is C17H18N2O3. The molecule has 1 aromatic carbocycles. The first-order valence-corrected chi connectivity index (χ1v) is 7.32. The summed E-state index contributed by atoms with van der Waals surface area (Å²) in [5.74, 6) is 0.742. The van der Waals surface area contributed by atoms with Gasteiger partial charge in [-0.2, -0.15) is 5.26 Å². The first-order valence-electron chi connectivity index (χ1n) is 7.32. The number of allylic oxidation sites excluding steroid dienone is 2. The summed E-state index contributed by atoms with van der Waals surface area (Å²) in [5, 5.41) is 23.0. The molecule has 2 aliphatic rings. The van der Waals surface area contributed by atoms with Gasteiger partial charge in [0.05, 0.1) is 17.7 Å². The lowest BCUT2D eigenvalue weighted by molar-refractivity contribution is -0.114. The first-order chi connectivity index (χ1) is 10.4. The van der Waals surface area contributed by atoms with E-state index in [0.717, 1.165) is 11.3 Å². The van der Waals surface area contributed by atoms with Crippen LogP contribution in [0.5, 0.6) is 5.75 Å². The maximum Gasteiger partial charge on any atom is 0.157 e. The van der Waals surface area contributed by atoms with Crippen molar-refractivity contribution < 1.29 is 14.6 Å². The zero-order valence-electron chi connectivity index (χ0n) is 12.6. The van der Waals surface area contributed by atoms with Gasteiger partial charge in [0.2, 0.25) is 0 Å². The number of nitrogens with zero attached hydrogens (tertiary/aromatic N) is 1. The molecule has 2 N–H and O–H groups in total. The van der Waals surface area contributed by atoms with Gasteiger partial charge in [-0.15, -0.1) is 0 Å². The minimum absolute atomic E-state index is 0.0920. The van der Waals surface area contributed by atoms with Crippen molar-refractivity contribution in [1.82, 2.24) is 5.32 Å². The third kappa shape index (κ3) is 2.46. The van der Waals surface area contributed by atoms with Gasteiger partial charge in [-0.05, 0) is 38.5 Å². The summed E-state index contributed by atoms with van der Waals surface area (Å²) < 4.78 is 5.86. The van der Waals surface area contributed by atoms with Gasteiger partial charge in [-0.25, -0.2) is 0 Å². The number of ether oxygens (including phenoxy) is 1. The van der Waals surface area contributed by atoms with Crippen LogP contribution in [0.25, 0.3) is 0 Å². The number of carbonyl (C=O) groups excluding carboxylic acids is 1. The number of hydrogen-bond donors (Lipinski definition) is 2. The molecule has 1 heterocycles. The number of aliphatic hydroxyl groups excluding tert-OH is 1. The van der Waals surface area contributed by atoms with Crippen LogP contribution >= 0.6 is 0 Å². The fourth-order valence-electron chi connectivity index (χ4n) is 2.94. The van der Waals surface area contributed by atoms with Crippen molar-refractivity contribution in [2.75, 3.05) is 0 Å². The van der Waals surface area contributed by atoms with E-state index in [0.29, 0.717) is 24.2 Å². The highest BCUT2D eigenvalue weighted by Gasteiger charge is 2.43. The molecule has 0 aromatic heterocycles. The van der Waals surface area contributed by atoms with Crippen LogP contribution in [0.2, 0.25) is 0 Å². The van der Waals surface area contributed by atoms with E-state index in [1.165, 1.54) is 0 Å². The SMILES string of the molecule is CC1(C)Oc2ccc(C#N)cc2C(NC2=CC(=O)CC2)C1O. The summed E-state index contributed by atoms with van der Waals surface area (Å²) in [4.78, 5) is 11.4. The van der Waals surface area contributed by atoms with Crippen LogP contribution in [0, 0.1) is 11.3 Å². The molecule has 1 aliphatic carbocycles. The summed E-state index contributed by atoms with van der Waals surface area (Å²) in [6.45, 7) is 3.64. The van der Waals surface area contributed by atoms with Crippen LogP contribution in [0.4, 0.5) is 0 Å². The van der Waals surface area contributed by atoms with E-state index in [1.54, 1.807) is 24.3 Å². The molecule has 0 radical (unpaired) electrons. The highest BCUT2D eigenvalue weighted by Crippen LogP contribution is 2.41. The quantitative estimate of drug-likeness (QED) is 0.872. The number of rotatable bonds is 2. The van der Waals surface area contributed by atoms with Crippen molar-refractivity contribution in [3.05, 3.63) is 41.1 Å².